The van der Waals surface area contributed by atoms with E-state index in [1.54, 1.807) is 0 Å². The fourth-order valence-electron chi connectivity index (χ4n) is 3.27. The van der Waals surface area contributed by atoms with E-state index < -0.39 is 0 Å². The van der Waals surface area contributed by atoms with Crippen LogP contribution in [0.1, 0.15) is 32.6 Å². The smallest absolute Gasteiger partial charge is 0.0136 e. The van der Waals surface area contributed by atoms with Crippen molar-refractivity contribution in [3.05, 3.63) is 0 Å². The SMILES string of the molecule is CNCC1CCCC1N1CCC(C)C1. The molecule has 1 saturated heterocycles. The minimum atomic E-state index is 0.896. The van der Waals surface area contributed by atoms with Crippen molar-refractivity contribution in [1.82, 2.24) is 10.2 Å². The fourth-order valence-corrected chi connectivity index (χ4v) is 3.27. The molecule has 0 aromatic carbocycles. The molecule has 3 atom stereocenters. The van der Waals surface area contributed by atoms with Gasteiger partial charge in [0.15, 0.2) is 0 Å². The van der Waals surface area contributed by atoms with Crippen LogP contribution in [-0.2, 0) is 0 Å². The Morgan fingerprint density at radius 1 is 1.29 bits per heavy atom. The summed E-state index contributed by atoms with van der Waals surface area (Å²) >= 11 is 0. The zero-order chi connectivity index (χ0) is 9.97. The van der Waals surface area contributed by atoms with Gasteiger partial charge in [-0.3, -0.25) is 4.90 Å². The van der Waals surface area contributed by atoms with Gasteiger partial charge >= 0.3 is 0 Å². The molecule has 2 rings (SSSR count). The second kappa shape index (κ2) is 4.63. The first-order chi connectivity index (χ1) is 6.81. The first-order valence-corrected chi connectivity index (χ1v) is 6.20. The molecule has 1 aliphatic heterocycles. The van der Waals surface area contributed by atoms with Crippen LogP contribution in [0, 0.1) is 11.8 Å². The summed E-state index contributed by atoms with van der Waals surface area (Å²) in [6, 6.07) is 0.896. The molecule has 0 radical (unpaired) electrons. The fraction of sp³-hybridized carbons (Fsp3) is 1.00. The van der Waals surface area contributed by atoms with Gasteiger partial charge in [-0.05, 0) is 51.2 Å². The third kappa shape index (κ3) is 2.12. The molecule has 0 spiro atoms. The van der Waals surface area contributed by atoms with E-state index >= 15 is 0 Å². The van der Waals surface area contributed by atoms with Crippen molar-refractivity contribution in [1.29, 1.82) is 0 Å². The highest BCUT2D eigenvalue weighted by molar-refractivity contribution is 4.89. The topological polar surface area (TPSA) is 15.3 Å². The number of nitrogens with zero attached hydrogens (tertiary/aromatic N) is 1. The average Bonchev–Trinajstić information content (AvgIpc) is 2.74. The Bertz CT molecular complexity index is 181. The molecule has 2 fully saturated rings. The van der Waals surface area contributed by atoms with Gasteiger partial charge in [0.05, 0.1) is 0 Å². The molecule has 1 aliphatic carbocycles. The summed E-state index contributed by atoms with van der Waals surface area (Å²) in [6.45, 7) is 6.31. The van der Waals surface area contributed by atoms with E-state index in [2.05, 4.69) is 24.2 Å². The maximum atomic E-state index is 3.35. The Morgan fingerprint density at radius 2 is 2.14 bits per heavy atom. The summed E-state index contributed by atoms with van der Waals surface area (Å²) in [5.41, 5.74) is 0. The van der Waals surface area contributed by atoms with Gasteiger partial charge in [-0.2, -0.15) is 0 Å². The molecule has 0 aromatic heterocycles. The van der Waals surface area contributed by atoms with E-state index in [1.165, 1.54) is 45.3 Å². The van der Waals surface area contributed by atoms with E-state index in [-0.39, 0.29) is 0 Å². The van der Waals surface area contributed by atoms with Gasteiger partial charge in [-0.25, -0.2) is 0 Å². The molecule has 0 amide bonds. The van der Waals surface area contributed by atoms with Gasteiger partial charge in [-0.1, -0.05) is 13.3 Å². The number of hydrogen-bond acceptors (Lipinski definition) is 2. The van der Waals surface area contributed by atoms with E-state index in [1.807, 2.05) is 0 Å². The molecule has 0 bridgehead atoms. The largest absolute Gasteiger partial charge is 0.319 e. The van der Waals surface area contributed by atoms with Crippen LogP contribution in [0.5, 0.6) is 0 Å². The van der Waals surface area contributed by atoms with Crippen molar-refractivity contribution in [2.24, 2.45) is 11.8 Å². The summed E-state index contributed by atoms with van der Waals surface area (Å²) in [6.07, 6.45) is 5.75. The van der Waals surface area contributed by atoms with Crippen molar-refractivity contribution >= 4 is 0 Å². The van der Waals surface area contributed by atoms with E-state index in [4.69, 9.17) is 0 Å². The Balaban J connectivity index is 1.89. The normalized spacial score (nSPS) is 39.4. The zero-order valence-electron chi connectivity index (χ0n) is 9.63. The van der Waals surface area contributed by atoms with Gasteiger partial charge in [0.25, 0.3) is 0 Å². The second-order valence-corrected chi connectivity index (χ2v) is 5.20. The molecule has 3 unspecified atom stereocenters. The Kier molecular flexibility index (Phi) is 3.45. The van der Waals surface area contributed by atoms with E-state index in [0.29, 0.717) is 0 Å². The van der Waals surface area contributed by atoms with Crippen molar-refractivity contribution in [2.45, 2.75) is 38.6 Å². The zero-order valence-corrected chi connectivity index (χ0v) is 9.63. The predicted octanol–water partition coefficient (Wildman–Crippen LogP) is 1.72. The summed E-state index contributed by atoms with van der Waals surface area (Å²) < 4.78 is 0. The second-order valence-electron chi connectivity index (χ2n) is 5.20. The minimum absolute atomic E-state index is 0.896. The van der Waals surface area contributed by atoms with Crippen LogP contribution in [-0.4, -0.2) is 37.6 Å². The minimum Gasteiger partial charge on any atom is -0.319 e. The van der Waals surface area contributed by atoms with Crippen LogP contribution < -0.4 is 5.32 Å². The van der Waals surface area contributed by atoms with Crippen molar-refractivity contribution in [2.75, 3.05) is 26.7 Å². The molecular weight excluding hydrogens is 172 g/mol. The van der Waals surface area contributed by atoms with Gasteiger partial charge in [-0.15, -0.1) is 0 Å². The molecule has 1 heterocycles. The lowest BCUT2D eigenvalue weighted by Gasteiger charge is -2.29. The molecule has 2 heteroatoms. The van der Waals surface area contributed by atoms with Gasteiger partial charge in [0.1, 0.15) is 0 Å². The lowest BCUT2D eigenvalue weighted by Crippen LogP contribution is -2.39. The molecule has 14 heavy (non-hydrogen) atoms. The maximum Gasteiger partial charge on any atom is 0.0136 e. The van der Waals surface area contributed by atoms with E-state index in [0.717, 1.165) is 17.9 Å². The van der Waals surface area contributed by atoms with Crippen molar-refractivity contribution < 1.29 is 0 Å². The Labute approximate surface area is 88.1 Å². The van der Waals surface area contributed by atoms with Gasteiger partial charge < -0.3 is 5.32 Å². The maximum absolute atomic E-state index is 3.35. The van der Waals surface area contributed by atoms with Crippen LogP contribution >= 0.6 is 0 Å². The summed E-state index contributed by atoms with van der Waals surface area (Å²) in [4.78, 5) is 2.75. The monoisotopic (exact) mass is 196 g/mol. The number of likely N-dealkylation sites (tertiary alicyclic amines) is 1. The molecule has 2 nitrogen and oxygen atoms in total. The predicted molar refractivity (Wildman–Crippen MR) is 60.4 cm³/mol. The number of nitrogens with one attached hydrogen (secondary N) is 1. The van der Waals surface area contributed by atoms with Crippen molar-refractivity contribution in [3.63, 3.8) is 0 Å². The Morgan fingerprint density at radius 3 is 2.79 bits per heavy atom. The highest BCUT2D eigenvalue weighted by atomic mass is 15.2. The molecule has 1 N–H and O–H groups in total. The third-order valence-electron chi connectivity index (χ3n) is 4.01. The highest BCUT2D eigenvalue weighted by Crippen LogP contribution is 2.32. The van der Waals surface area contributed by atoms with Crippen molar-refractivity contribution in [3.8, 4) is 0 Å². The Hall–Kier alpha value is -0.0800. The first-order valence-electron chi connectivity index (χ1n) is 6.20. The molecule has 0 aromatic rings. The van der Waals surface area contributed by atoms with Crippen LogP contribution in [0.25, 0.3) is 0 Å². The van der Waals surface area contributed by atoms with Crippen LogP contribution in [0.3, 0.4) is 0 Å². The third-order valence-corrected chi connectivity index (χ3v) is 4.01. The molecule has 2 aliphatic rings. The number of rotatable bonds is 3. The first kappa shape index (κ1) is 10.4. The summed E-state index contributed by atoms with van der Waals surface area (Å²) in [7, 11) is 2.09. The summed E-state index contributed by atoms with van der Waals surface area (Å²) in [5.74, 6) is 1.86. The quantitative estimate of drug-likeness (QED) is 0.739. The lowest BCUT2D eigenvalue weighted by atomic mass is 10.0. The number of hydrogen-bond donors (Lipinski definition) is 1. The van der Waals surface area contributed by atoms with E-state index in [9.17, 15) is 0 Å². The molecular formula is C12H24N2. The standard InChI is InChI=1S/C12H24N2/c1-10-6-7-14(9-10)12-5-3-4-11(12)8-13-2/h10-13H,3-9H2,1-2H3. The molecule has 1 saturated carbocycles. The lowest BCUT2D eigenvalue weighted by molar-refractivity contribution is 0.190. The van der Waals surface area contributed by atoms with Gasteiger partial charge in [0, 0.05) is 12.6 Å². The molecule has 82 valence electrons. The van der Waals surface area contributed by atoms with Gasteiger partial charge in [0.2, 0.25) is 0 Å². The average molecular weight is 196 g/mol. The highest BCUT2D eigenvalue weighted by Gasteiger charge is 2.34. The summed E-state index contributed by atoms with van der Waals surface area (Å²) in [5, 5.41) is 3.35. The van der Waals surface area contributed by atoms with Crippen LogP contribution in [0.4, 0.5) is 0 Å². The van der Waals surface area contributed by atoms with Crippen LogP contribution in [0.2, 0.25) is 0 Å². The van der Waals surface area contributed by atoms with Crippen LogP contribution in [0.15, 0.2) is 0 Å².